The van der Waals surface area contributed by atoms with Crippen LogP contribution in [0.3, 0.4) is 0 Å². The molecule has 1 atom stereocenters. The van der Waals surface area contributed by atoms with E-state index in [0.717, 1.165) is 11.4 Å². The molecule has 0 amide bonds. The Balaban J connectivity index is 0.000000400. The number of hydrogen-bond acceptors (Lipinski definition) is 20. The van der Waals surface area contributed by atoms with Gasteiger partial charge in [0.05, 0.1) is 106 Å². The molecule has 1 aromatic heterocycles. The smallest absolute Gasteiger partial charge is 0.337 e. The maximum Gasteiger partial charge on any atom is 0.337 e. The summed E-state index contributed by atoms with van der Waals surface area (Å²) in [5, 5.41) is 171. The molecule has 0 aliphatic heterocycles. The van der Waals surface area contributed by atoms with E-state index in [-0.39, 0.29) is 6.04 Å². The van der Waals surface area contributed by atoms with Crippen molar-refractivity contribution in [1.29, 1.82) is 5.26 Å². The highest BCUT2D eigenvalue weighted by Crippen LogP contribution is 2.33. The molecule has 0 aliphatic carbocycles. The van der Waals surface area contributed by atoms with Crippen LogP contribution in [0.2, 0.25) is 0 Å². The molecule has 39 nitrogen and oxygen atoms in total. The van der Waals surface area contributed by atoms with Crippen molar-refractivity contribution in [2.75, 3.05) is 0 Å². The van der Waals surface area contributed by atoms with Gasteiger partial charge in [0.2, 0.25) is 0 Å². The summed E-state index contributed by atoms with van der Waals surface area (Å²) in [5.41, 5.74) is -28.8. The summed E-state index contributed by atoms with van der Waals surface area (Å²) in [7, 11) is 0. The molecule has 0 saturated heterocycles. The second kappa shape index (κ2) is 27.5. The molecule has 39 heteroatoms. The monoisotopic (exact) mass is 1220 g/mol. The first-order chi connectivity index (χ1) is 40.1. The number of hydrogen-bond donors (Lipinski definition) is 18. The summed E-state index contributed by atoms with van der Waals surface area (Å²) < 4.78 is 1.87. The minimum Gasteiger partial charge on any atom is -0.478 e. The molecule has 1 heterocycles. The van der Waals surface area contributed by atoms with Crippen LogP contribution in [0.1, 0.15) is 199 Å². The lowest BCUT2D eigenvalue weighted by Crippen LogP contribution is -2.27. The minimum atomic E-state index is -2.26. The van der Waals surface area contributed by atoms with Crippen LogP contribution in [0.4, 0.5) is 0 Å². The molecule has 0 radical (unpaired) electrons. The largest absolute Gasteiger partial charge is 0.478 e. The zero-order valence-electron chi connectivity index (χ0n) is 41.9. The van der Waals surface area contributed by atoms with Gasteiger partial charge in [0.1, 0.15) is 11.9 Å². The van der Waals surface area contributed by atoms with Gasteiger partial charge in [-0.05, 0) is 6.92 Å². The zero-order valence-corrected chi connectivity index (χ0v) is 41.9. The molecule has 0 fully saturated rings. The highest BCUT2D eigenvalue weighted by Gasteiger charge is 2.44. The molecule has 0 saturated carbocycles. The Morgan fingerprint density at radius 1 is 0.310 bits per heavy atom. The van der Waals surface area contributed by atoms with Crippen molar-refractivity contribution < 1.29 is 178 Å². The van der Waals surface area contributed by atoms with Gasteiger partial charge in [0.25, 0.3) is 0 Å². The Morgan fingerprint density at radius 3 is 0.586 bits per heavy atom. The predicted octanol–water partition coefficient (Wildman–Crippen LogP) is 2.26. The second-order valence-corrected chi connectivity index (χ2v) is 15.6. The Morgan fingerprint density at radius 2 is 0.460 bits per heavy atom. The fraction of sp³-hybridized carbons (Fsp3) is 0.0417. The molecule has 0 aliphatic rings. The number of nitriles is 1. The molecule has 0 spiro atoms. The fourth-order valence-electron chi connectivity index (χ4n) is 7.60. The van der Waals surface area contributed by atoms with Crippen molar-refractivity contribution in [3.05, 3.63) is 143 Å². The molecule has 18 N–H and O–H groups in total. The molecular formula is C48H29N3O36. The third kappa shape index (κ3) is 14.1. The predicted molar refractivity (Wildman–Crippen MR) is 263 cm³/mol. The van der Waals surface area contributed by atoms with E-state index in [2.05, 4.69) is 11.1 Å². The molecule has 87 heavy (non-hydrogen) atoms. The van der Waals surface area contributed by atoms with Crippen molar-refractivity contribution in [3.8, 4) is 17.5 Å². The van der Waals surface area contributed by atoms with Crippen LogP contribution in [0.5, 0.6) is 0 Å². The van der Waals surface area contributed by atoms with Gasteiger partial charge < -0.3 is 96.5 Å². The molecular weight excluding hydrogens is 1190 g/mol. The molecule has 4 aromatic carbocycles. The average Bonchev–Trinajstić information content (AvgIpc) is 1.22. The van der Waals surface area contributed by atoms with Crippen molar-refractivity contribution in [2.45, 2.75) is 13.0 Å². The van der Waals surface area contributed by atoms with E-state index in [0.29, 0.717) is 0 Å². The molecule has 452 valence electrons. The van der Waals surface area contributed by atoms with E-state index in [1.807, 2.05) is 48.0 Å². The van der Waals surface area contributed by atoms with Crippen LogP contribution in [-0.2, 0) is 0 Å². The number of aromatic nitrogens is 2. The summed E-state index contributed by atoms with van der Waals surface area (Å²) in [4.78, 5) is 206. The summed E-state index contributed by atoms with van der Waals surface area (Å²) in [6, 6.07) is 11.9. The Kier molecular flexibility index (Phi) is 21.8. The number of nitrogens with zero attached hydrogens (tertiary/aromatic N) is 3. The van der Waals surface area contributed by atoms with E-state index in [4.69, 9.17) is 97.2 Å². The maximum absolute atomic E-state index is 11.2. The number of rotatable bonds is 20. The molecule has 1 unspecified atom stereocenters. The van der Waals surface area contributed by atoms with Gasteiger partial charge in [-0.2, -0.15) is 5.26 Å². The number of imidazole rings is 1. The number of aromatic carboxylic acids is 18. The minimum absolute atomic E-state index is 0.192. The molecule has 5 aromatic rings. The summed E-state index contributed by atoms with van der Waals surface area (Å²) >= 11 is 0. The number of carboxylic acid groups (broad SMARTS) is 18. The van der Waals surface area contributed by atoms with E-state index in [9.17, 15) is 86.3 Å². The Hall–Kier alpha value is -14.0. The van der Waals surface area contributed by atoms with Crippen LogP contribution in [0, 0.1) is 11.3 Å². The van der Waals surface area contributed by atoms with Crippen LogP contribution in [-0.4, -0.2) is 209 Å². The maximum atomic E-state index is 11.2. The molecule has 5 rings (SSSR count). The fourth-order valence-corrected chi connectivity index (χ4v) is 7.60. The Bertz CT molecular complexity index is 3080. The first kappa shape index (κ1) is 69.1. The topological polar surface area (TPSA) is 713 Å². The van der Waals surface area contributed by atoms with Crippen molar-refractivity contribution >= 4 is 107 Å². The quantitative estimate of drug-likeness (QED) is 0.0531. The standard InChI is InChI=1S/C12H11N3.3C12H6O12/c1-10(9-13)15-8-7-14-12(15)11-5-3-2-4-6-11;3*13-7(14)1-2(8(15)16)4(10(19)20)6(12(23)24)5(11(21)22)3(1)9(17)18/h2-8,10H,1H3;3*(H,13,14)(H,15,16)(H,17,18)(H,19,20)(H,21,22)(H,23,24). The average molecular weight is 1220 g/mol. The lowest BCUT2D eigenvalue weighted by Gasteiger charge is -2.15. The van der Waals surface area contributed by atoms with Gasteiger partial charge in [0, 0.05) is 18.0 Å². The highest BCUT2D eigenvalue weighted by atomic mass is 16.4. The summed E-state index contributed by atoms with van der Waals surface area (Å²) in [6.45, 7) is 1.86. The van der Waals surface area contributed by atoms with Crippen molar-refractivity contribution in [1.82, 2.24) is 9.55 Å². The SMILES string of the molecule is CC(C#N)n1ccnc1-c1ccccc1.O=C(O)c1c(C(=O)O)c(C(=O)O)c(C(=O)O)c(C(=O)O)c1C(=O)O.O=C(O)c1c(C(=O)O)c(C(=O)O)c(C(=O)O)c(C(=O)O)c1C(=O)O.O=C(O)c1c(C(=O)O)c(C(=O)O)c(C(=O)O)c(C(=O)O)c1C(=O)O. The third-order valence-electron chi connectivity index (χ3n) is 10.7. The normalized spacial score (nSPS) is 10.3. The van der Waals surface area contributed by atoms with Crippen molar-refractivity contribution in [3.63, 3.8) is 0 Å². The lowest BCUT2D eigenvalue weighted by atomic mass is 9.86. The summed E-state index contributed by atoms with van der Waals surface area (Å²) in [5.74, 6) is -39.8. The lowest BCUT2D eigenvalue weighted by molar-refractivity contribution is 0.0592. The van der Waals surface area contributed by atoms with Gasteiger partial charge in [-0.1, -0.05) is 30.3 Å². The Labute approximate surface area is 473 Å². The summed E-state index contributed by atoms with van der Waals surface area (Å²) in [6.07, 6.45) is 3.55. The second-order valence-electron chi connectivity index (χ2n) is 15.6. The zero-order chi connectivity index (χ0) is 67.5. The van der Waals surface area contributed by atoms with Gasteiger partial charge >= 0.3 is 107 Å². The third-order valence-corrected chi connectivity index (χ3v) is 10.7. The first-order valence-corrected chi connectivity index (χ1v) is 21.5. The van der Waals surface area contributed by atoms with E-state index in [1.165, 1.54) is 0 Å². The van der Waals surface area contributed by atoms with E-state index < -0.39 is 208 Å². The number of carbonyl (C=O) groups is 18. The van der Waals surface area contributed by atoms with Crippen LogP contribution >= 0.6 is 0 Å². The number of benzene rings is 4. The molecule has 0 bridgehead atoms. The number of carboxylic acids is 18. The van der Waals surface area contributed by atoms with Crippen molar-refractivity contribution in [2.24, 2.45) is 0 Å². The van der Waals surface area contributed by atoms with E-state index >= 15 is 0 Å². The van der Waals surface area contributed by atoms with E-state index in [1.54, 1.807) is 6.20 Å². The first-order valence-electron chi connectivity index (χ1n) is 21.5. The van der Waals surface area contributed by atoms with Crippen LogP contribution in [0.25, 0.3) is 11.4 Å². The van der Waals surface area contributed by atoms with Gasteiger partial charge in [0.15, 0.2) is 0 Å². The van der Waals surface area contributed by atoms with Gasteiger partial charge in [-0.3, -0.25) is 0 Å². The van der Waals surface area contributed by atoms with Crippen LogP contribution in [0.15, 0.2) is 42.7 Å². The van der Waals surface area contributed by atoms with Crippen LogP contribution < -0.4 is 0 Å². The highest BCUT2D eigenvalue weighted by molar-refractivity contribution is 6.26. The van der Waals surface area contributed by atoms with Gasteiger partial charge in [-0.15, -0.1) is 0 Å². The van der Waals surface area contributed by atoms with Gasteiger partial charge in [-0.25, -0.2) is 91.3 Å².